The highest BCUT2D eigenvalue weighted by molar-refractivity contribution is 5.73. The molecule has 0 aromatic heterocycles. The number of nitroso groups, excluding NO2 is 1. The Morgan fingerprint density at radius 1 is 1.59 bits per heavy atom. The first-order valence-corrected chi connectivity index (χ1v) is 5.24. The molecule has 96 valence electrons. The van der Waals surface area contributed by atoms with Crippen molar-refractivity contribution in [3.8, 4) is 0 Å². The lowest BCUT2D eigenvalue weighted by molar-refractivity contribution is -0.147. The number of carbonyl (C=O) groups is 1. The Morgan fingerprint density at radius 2 is 2.24 bits per heavy atom. The lowest BCUT2D eigenvalue weighted by atomic mass is 10.0. The number of hydrogen-bond donors (Lipinski definition) is 0. The Balaban J connectivity index is 4.75. The van der Waals surface area contributed by atoms with Gasteiger partial charge < -0.3 is 4.74 Å². The Hall–Kier alpha value is -1.66. The van der Waals surface area contributed by atoms with Gasteiger partial charge in [0.1, 0.15) is 0 Å². The first-order valence-electron chi connectivity index (χ1n) is 5.24. The molecule has 0 fully saturated rings. The summed E-state index contributed by atoms with van der Waals surface area (Å²) in [7, 11) is 1.26. The molecule has 0 saturated heterocycles. The number of rotatable bonds is 8. The van der Waals surface area contributed by atoms with E-state index in [0.717, 1.165) is 0 Å². The van der Waals surface area contributed by atoms with Gasteiger partial charge in [0, 0.05) is 11.0 Å². The summed E-state index contributed by atoms with van der Waals surface area (Å²) in [6.07, 6.45) is 0. The Bertz CT molecular complexity index is 303. The molecule has 0 spiro atoms. The molecule has 0 amide bonds. The first-order chi connectivity index (χ1) is 8.12. The van der Waals surface area contributed by atoms with Crippen LogP contribution in [0.25, 0.3) is 10.4 Å². The molecule has 2 unspecified atom stereocenters. The second kappa shape index (κ2) is 8.49. The van der Waals surface area contributed by atoms with E-state index in [9.17, 15) is 9.70 Å². The van der Waals surface area contributed by atoms with E-state index < -0.39 is 11.9 Å². The predicted molar refractivity (Wildman–Crippen MR) is 62.0 cm³/mol. The Morgan fingerprint density at radius 3 is 2.65 bits per heavy atom. The second-order valence-electron chi connectivity index (χ2n) is 3.46. The lowest BCUT2D eigenvalue weighted by Gasteiger charge is -2.30. The minimum atomic E-state index is -0.647. The molecule has 0 aliphatic rings. The molecule has 0 heterocycles. The van der Waals surface area contributed by atoms with Crippen molar-refractivity contribution in [1.82, 2.24) is 4.90 Å². The summed E-state index contributed by atoms with van der Waals surface area (Å²) in [6.45, 7) is 4.21. The van der Waals surface area contributed by atoms with Crippen LogP contribution in [0.2, 0.25) is 0 Å². The fraction of sp³-hybridized carbons (Fsp3) is 0.889. The molecule has 17 heavy (non-hydrogen) atoms. The molecular formula is C9H17N5O3. The summed E-state index contributed by atoms with van der Waals surface area (Å²) in [4.78, 5) is 26.2. The predicted octanol–water partition coefficient (Wildman–Crippen LogP) is 1.52. The maximum Gasteiger partial charge on any atom is 0.312 e. The molecule has 8 nitrogen and oxygen atoms in total. The van der Waals surface area contributed by atoms with E-state index in [1.54, 1.807) is 11.8 Å². The molecule has 0 aliphatic carbocycles. The number of esters is 1. The van der Waals surface area contributed by atoms with Crippen molar-refractivity contribution in [3.63, 3.8) is 0 Å². The Kier molecular flexibility index (Phi) is 7.66. The van der Waals surface area contributed by atoms with Crippen LogP contribution < -0.4 is 0 Å². The second-order valence-corrected chi connectivity index (χ2v) is 3.46. The van der Waals surface area contributed by atoms with Gasteiger partial charge in [-0.2, -0.15) is 4.91 Å². The van der Waals surface area contributed by atoms with Gasteiger partial charge in [0.05, 0.1) is 26.2 Å². The van der Waals surface area contributed by atoms with Crippen LogP contribution in [0.3, 0.4) is 0 Å². The van der Waals surface area contributed by atoms with Gasteiger partial charge in [-0.05, 0) is 19.0 Å². The molecule has 0 radical (unpaired) electrons. The molecule has 2 atom stereocenters. The van der Waals surface area contributed by atoms with Gasteiger partial charge >= 0.3 is 5.97 Å². The maximum absolute atomic E-state index is 11.5. The smallest absolute Gasteiger partial charge is 0.312 e. The van der Waals surface area contributed by atoms with Crippen LogP contribution in [0.15, 0.2) is 10.3 Å². The van der Waals surface area contributed by atoms with Crippen LogP contribution in [0, 0.1) is 10.8 Å². The normalized spacial score (nSPS) is 13.6. The molecule has 0 rings (SSSR count). The minimum Gasteiger partial charge on any atom is -0.469 e. The summed E-state index contributed by atoms with van der Waals surface area (Å²) >= 11 is 0. The van der Waals surface area contributed by atoms with Crippen LogP contribution in [-0.4, -0.2) is 43.8 Å². The van der Waals surface area contributed by atoms with Crippen molar-refractivity contribution in [3.05, 3.63) is 15.3 Å². The zero-order valence-corrected chi connectivity index (χ0v) is 10.2. The van der Waals surface area contributed by atoms with Crippen LogP contribution in [0.4, 0.5) is 0 Å². The number of carbonyl (C=O) groups excluding carboxylic acids is 1. The quantitative estimate of drug-likeness (QED) is 0.212. The van der Waals surface area contributed by atoms with Crippen molar-refractivity contribution in [2.24, 2.45) is 16.2 Å². The fourth-order valence-corrected chi connectivity index (χ4v) is 1.54. The molecule has 8 heteroatoms. The van der Waals surface area contributed by atoms with Crippen LogP contribution in [-0.2, 0) is 9.53 Å². The molecule has 0 aliphatic heterocycles. The summed E-state index contributed by atoms with van der Waals surface area (Å²) in [6, 6.07) is -0.282. The van der Waals surface area contributed by atoms with Crippen molar-refractivity contribution in [1.29, 1.82) is 0 Å². The third-order valence-electron chi connectivity index (χ3n) is 2.65. The van der Waals surface area contributed by atoms with Crippen LogP contribution >= 0.6 is 0 Å². The molecule has 0 bridgehead atoms. The molecule has 0 aromatic carbocycles. The topological polar surface area (TPSA) is 108 Å². The maximum atomic E-state index is 11.5. The largest absolute Gasteiger partial charge is 0.469 e. The molecule has 0 saturated carbocycles. The average Bonchev–Trinajstić information content (AvgIpc) is 2.35. The van der Waals surface area contributed by atoms with E-state index >= 15 is 0 Å². The number of ether oxygens (including phenoxy) is 1. The van der Waals surface area contributed by atoms with Gasteiger partial charge in [-0.3, -0.25) is 9.69 Å². The Labute approximate surface area is 99.5 Å². The highest BCUT2D eigenvalue weighted by Gasteiger charge is 2.29. The van der Waals surface area contributed by atoms with Gasteiger partial charge in [0.15, 0.2) is 0 Å². The summed E-state index contributed by atoms with van der Waals surface area (Å²) in [5.74, 6) is -1.14. The number of nitrogens with zero attached hydrogens (tertiary/aromatic N) is 5. The van der Waals surface area contributed by atoms with Gasteiger partial charge in [-0.15, -0.1) is 0 Å². The highest BCUT2D eigenvalue weighted by atomic mass is 16.5. The van der Waals surface area contributed by atoms with E-state index in [0.29, 0.717) is 6.54 Å². The van der Waals surface area contributed by atoms with E-state index in [-0.39, 0.29) is 19.3 Å². The highest BCUT2D eigenvalue weighted by Crippen LogP contribution is 2.14. The van der Waals surface area contributed by atoms with Crippen LogP contribution in [0.1, 0.15) is 13.8 Å². The summed E-state index contributed by atoms with van der Waals surface area (Å²) in [5.41, 5.74) is 8.26. The van der Waals surface area contributed by atoms with Crippen LogP contribution in [0.5, 0.6) is 0 Å². The van der Waals surface area contributed by atoms with Crippen molar-refractivity contribution in [2.75, 3.05) is 26.9 Å². The zero-order valence-electron chi connectivity index (χ0n) is 10.2. The van der Waals surface area contributed by atoms with E-state index in [4.69, 9.17) is 5.53 Å². The fourth-order valence-electron chi connectivity index (χ4n) is 1.54. The minimum absolute atomic E-state index is 0.139. The van der Waals surface area contributed by atoms with Gasteiger partial charge in [0.2, 0.25) is 0 Å². The number of methoxy groups -OCH3 is 1. The van der Waals surface area contributed by atoms with Gasteiger partial charge in [-0.1, -0.05) is 17.2 Å². The molecular weight excluding hydrogens is 226 g/mol. The third-order valence-corrected chi connectivity index (χ3v) is 2.65. The van der Waals surface area contributed by atoms with E-state index in [1.807, 2.05) is 6.92 Å². The van der Waals surface area contributed by atoms with E-state index in [2.05, 4.69) is 19.9 Å². The standard InChI is InChI=1S/C9H17N5O3/c1-4-14(6-11-13-10)7(2)8(5-12-16)9(15)17-3/h7-8H,4-6H2,1-3H3. The molecule has 0 N–H and O–H groups in total. The molecule has 0 aromatic rings. The van der Waals surface area contributed by atoms with Crippen molar-refractivity contribution < 1.29 is 9.53 Å². The average molecular weight is 243 g/mol. The lowest BCUT2D eigenvalue weighted by Crippen LogP contribution is -2.43. The van der Waals surface area contributed by atoms with E-state index in [1.165, 1.54) is 7.11 Å². The monoisotopic (exact) mass is 243 g/mol. The first kappa shape index (κ1) is 15.3. The third kappa shape index (κ3) is 4.80. The van der Waals surface area contributed by atoms with Gasteiger partial charge in [-0.25, -0.2) is 0 Å². The number of hydrogen-bond acceptors (Lipinski definition) is 6. The zero-order chi connectivity index (χ0) is 13.3. The summed E-state index contributed by atoms with van der Waals surface area (Å²) < 4.78 is 4.62. The SMILES string of the molecule is CCN(CN=[N+]=[N-])C(C)C(CN=O)C(=O)OC. The number of azide groups is 1. The van der Waals surface area contributed by atoms with Gasteiger partial charge in [0.25, 0.3) is 0 Å². The van der Waals surface area contributed by atoms with Crippen molar-refractivity contribution in [2.45, 2.75) is 19.9 Å². The summed E-state index contributed by atoms with van der Waals surface area (Å²) in [5, 5.41) is 6.18. The van der Waals surface area contributed by atoms with Crippen molar-refractivity contribution >= 4 is 5.97 Å².